The summed E-state index contributed by atoms with van der Waals surface area (Å²) in [5.74, 6) is -1.16. The fraction of sp³-hybridized carbons (Fsp3) is 0.250. The Morgan fingerprint density at radius 3 is 1.96 bits per heavy atom. The maximum Gasteiger partial charge on any atom is 1.00 e. The van der Waals surface area contributed by atoms with Crippen molar-refractivity contribution in [3.05, 3.63) is 82.8 Å². The van der Waals surface area contributed by atoms with Gasteiger partial charge >= 0.3 is 41.5 Å². The molecule has 5 aromatic rings. The average molecular weight is 677 g/mol. The fourth-order valence-electron chi connectivity index (χ4n) is 4.81. The third kappa shape index (κ3) is 8.03. The SMILES string of the molecule is CCOC(=O)c1c(C)oc2cc(OCc3ccccc3)c(OCc3oc4cc(OC)c(OS(=O)(=O)[O-])cc4c3C(=O)OCC)cc12.[Na+]. The van der Waals surface area contributed by atoms with Crippen LogP contribution in [-0.2, 0) is 33.1 Å². The van der Waals surface area contributed by atoms with Gasteiger partial charge in [-0.2, -0.15) is 0 Å². The van der Waals surface area contributed by atoms with E-state index in [2.05, 4.69) is 4.18 Å². The molecule has 242 valence electrons. The van der Waals surface area contributed by atoms with Gasteiger partial charge in [-0.3, -0.25) is 0 Å². The largest absolute Gasteiger partial charge is 1.00 e. The zero-order valence-corrected chi connectivity index (χ0v) is 29.1. The Morgan fingerprint density at radius 1 is 0.766 bits per heavy atom. The molecule has 0 fully saturated rings. The quantitative estimate of drug-likeness (QED) is 0.0772. The van der Waals surface area contributed by atoms with E-state index in [-0.39, 0.29) is 101 Å². The van der Waals surface area contributed by atoms with E-state index < -0.39 is 28.1 Å². The van der Waals surface area contributed by atoms with E-state index in [1.54, 1.807) is 32.9 Å². The number of carbonyl (C=O) groups is 2. The fourth-order valence-corrected chi connectivity index (χ4v) is 5.16. The molecule has 0 radical (unpaired) electrons. The summed E-state index contributed by atoms with van der Waals surface area (Å²) in [6.45, 7) is 4.95. The number of ether oxygens (including phenoxy) is 5. The Bertz CT molecular complexity index is 2010. The molecule has 5 rings (SSSR count). The van der Waals surface area contributed by atoms with E-state index in [0.717, 1.165) is 11.6 Å². The summed E-state index contributed by atoms with van der Waals surface area (Å²) in [5.41, 5.74) is 1.47. The average Bonchev–Trinajstić information content (AvgIpc) is 3.53. The normalized spacial score (nSPS) is 11.2. The summed E-state index contributed by atoms with van der Waals surface area (Å²) in [7, 11) is -3.94. The number of hydrogen-bond acceptors (Lipinski definition) is 13. The molecule has 0 aliphatic rings. The molecular weight excluding hydrogens is 647 g/mol. The van der Waals surface area contributed by atoms with Crippen molar-refractivity contribution >= 4 is 44.3 Å². The summed E-state index contributed by atoms with van der Waals surface area (Å²) in [5, 5.41) is 0.501. The smallest absolute Gasteiger partial charge is 0.716 e. The number of rotatable bonds is 13. The van der Waals surface area contributed by atoms with Crippen molar-refractivity contribution in [2.24, 2.45) is 0 Å². The molecule has 0 N–H and O–H groups in total. The van der Waals surface area contributed by atoms with Crippen molar-refractivity contribution in [2.45, 2.75) is 34.0 Å². The van der Waals surface area contributed by atoms with Crippen LogP contribution in [0, 0.1) is 6.92 Å². The molecule has 0 saturated carbocycles. The van der Waals surface area contributed by atoms with Gasteiger partial charge in [0, 0.05) is 22.9 Å². The Kier molecular flexibility index (Phi) is 11.5. The number of aryl methyl sites for hydroxylation is 1. The van der Waals surface area contributed by atoms with Gasteiger partial charge in [-0.05, 0) is 38.5 Å². The Hall–Kier alpha value is -4.21. The minimum absolute atomic E-state index is 0. The van der Waals surface area contributed by atoms with Crippen LogP contribution in [0.1, 0.15) is 51.6 Å². The van der Waals surface area contributed by atoms with Crippen LogP contribution in [0.4, 0.5) is 0 Å². The van der Waals surface area contributed by atoms with E-state index in [1.165, 1.54) is 13.2 Å². The third-order valence-corrected chi connectivity index (χ3v) is 7.11. The van der Waals surface area contributed by atoms with E-state index in [9.17, 15) is 22.6 Å². The first kappa shape index (κ1) is 35.6. The monoisotopic (exact) mass is 676 g/mol. The van der Waals surface area contributed by atoms with Gasteiger partial charge in [0.05, 0.1) is 20.3 Å². The van der Waals surface area contributed by atoms with Crippen LogP contribution < -0.4 is 48.0 Å². The standard InChI is InChI=1S/C32H30O13S.Na/c1-5-39-31(33)29-18(3)43-22-15-26(41-16-19-10-8-7-9-11-19)25(12-20(22)29)42-17-28-30(32(34)40-6-2)21-13-27(45-46(35,36)37)24(38-4)14-23(21)44-28;/h7-15H,5-6,16-17H2,1-4H3,(H,35,36,37);/q;+1/p-1. The second-order valence-corrected chi connectivity index (χ2v) is 10.7. The van der Waals surface area contributed by atoms with Gasteiger partial charge in [0.25, 0.3) is 10.4 Å². The van der Waals surface area contributed by atoms with Gasteiger partial charge in [0.2, 0.25) is 0 Å². The number of furan rings is 2. The first-order valence-corrected chi connectivity index (χ1v) is 15.4. The van der Waals surface area contributed by atoms with Crippen molar-refractivity contribution in [3.63, 3.8) is 0 Å². The first-order valence-electron chi connectivity index (χ1n) is 14.0. The second-order valence-electron chi connectivity index (χ2n) is 9.72. The maximum absolute atomic E-state index is 13.1. The number of esters is 2. The molecule has 13 nitrogen and oxygen atoms in total. The summed E-state index contributed by atoms with van der Waals surface area (Å²) in [6, 6.07) is 15.0. The predicted molar refractivity (Wildman–Crippen MR) is 161 cm³/mol. The third-order valence-electron chi connectivity index (χ3n) is 6.72. The molecule has 2 heterocycles. The minimum Gasteiger partial charge on any atom is -0.716 e. The molecule has 0 bridgehead atoms. The summed E-state index contributed by atoms with van der Waals surface area (Å²) in [6.07, 6.45) is 0. The number of benzene rings is 3. The van der Waals surface area contributed by atoms with E-state index in [1.807, 2.05) is 30.3 Å². The van der Waals surface area contributed by atoms with Crippen molar-refractivity contribution in [1.29, 1.82) is 0 Å². The Labute approximate surface area is 291 Å². The van der Waals surface area contributed by atoms with Gasteiger partial charge < -0.3 is 41.3 Å². The van der Waals surface area contributed by atoms with Gasteiger partial charge in [0.15, 0.2) is 28.8 Å². The van der Waals surface area contributed by atoms with Crippen molar-refractivity contribution in [2.75, 3.05) is 20.3 Å². The molecule has 0 unspecified atom stereocenters. The van der Waals surface area contributed by atoms with Crippen LogP contribution in [0.3, 0.4) is 0 Å². The predicted octanol–water partition coefficient (Wildman–Crippen LogP) is 2.85. The molecule has 2 aromatic heterocycles. The number of hydrogen-bond donors (Lipinski definition) is 0. The van der Waals surface area contributed by atoms with Crippen molar-refractivity contribution < 1.29 is 88.8 Å². The molecule has 3 aromatic carbocycles. The zero-order chi connectivity index (χ0) is 33.0. The van der Waals surface area contributed by atoms with Crippen LogP contribution >= 0.6 is 0 Å². The van der Waals surface area contributed by atoms with Crippen LogP contribution in [0.15, 0.2) is 63.4 Å². The molecule has 0 aliphatic heterocycles. The molecule has 0 amide bonds. The van der Waals surface area contributed by atoms with Gasteiger partial charge in [-0.15, -0.1) is 0 Å². The van der Waals surface area contributed by atoms with Gasteiger partial charge in [-0.25, -0.2) is 18.0 Å². The summed E-state index contributed by atoms with van der Waals surface area (Å²) >= 11 is 0. The number of carbonyl (C=O) groups excluding carboxylic acids is 2. The maximum atomic E-state index is 13.1. The summed E-state index contributed by atoms with van der Waals surface area (Å²) < 4.78 is 78.3. The Balaban J connectivity index is 0.00000500. The molecule has 47 heavy (non-hydrogen) atoms. The van der Waals surface area contributed by atoms with Crippen LogP contribution in [0.5, 0.6) is 23.0 Å². The first-order chi connectivity index (χ1) is 22.0. The summed E-state index contributed by atoms with van der Waals surface area (Å²) in [4.78, 5) is 25.9. The molecular formula is C32H29NaO13S. The van der Waals surface area contributed by atoms with Crippen molar-refractivity contribution in [1.82, 2.24) is 0 Å². The molecule has 0 spiro atoms. The number of fused-ring (bicyclic) bond motifs is 2. The minimum atomic E-state index is -5.18. The van der Waals surface area contributed by atoms with E-state index in [0.29, 0.717) is 16.7 Å². The van der Waals surface area contributed by atoms with Crippen LogP contribution in [0.2, 0.25) is 0 Å². The van der Waals surface area contributed by atoms with Crippen LogP contribution in [0.25, 0.3) is 21.9 Å². The van der Waals surface area contributed by atoms with Crippen LogP contribution in [-0.4, -0.2) is 45.2 Å². The topological polar surface area (TPSA) is 173 Å². The second kappa shape index (κ2) is 15.1. The molecule has 0 saturated heterocycles. The molecule has 0 aliphatic carbocycles. The Morgan fingerprint density at radius 2 is 1.32 bits per heavy atom. The van der Waals surface area contributed by atoms with Gasteiger partial charge in [0.1, 0.15) is 41.3 Å². The zero-order valence-electron chi connectivity index (χ0n) is 26.2. The molecule has 15 heteroatoms. The van der Waals surface area contributed by atoms with E-state index >= 15 is 0 Å². The van der Waals surface area contributed by atoms with Crippen molar-refractivity contribution in [3.8, 4) is 23.0 Å². The number of methoxy groups -OCH3 is 1. The molecule has 0 atom stereocenters. The van der Waals surface area contributed by atoms with E-state index in [4.69, 9.17) is 32.5 Å². The van der Waals surface area contributed by atoms with Gasteiger partial charge in [-0.1, -0.05) is 30.3 Å².